The minimum Gasteiger partial charge on any atom is -0.477 e. The van der Waals surface area contributed by atoms with Gasteiger partial charge < -0.3 is 20.8 Å². The third-order valence-electron chi connectivity index (χ3n) is 3.28. The van der Waals surface area contributed by atoms with Crippen LogP contribution in [-0.2, 0) is 0 Å². The van der Waals surface area contributed by atoms with Crippen molar-refractivity contribution in [1.82, 2.24) is 4.98 Å². The van der Waals surface area contributed by atoms with Gasteiger partial charge in [0.25, 0.3) is 0 Å². The summed E-state index contributed by atoms with van der Waals surface area (Å²) < 4.78 is 0. The molecule has 6 heteroatoms. The molecule has 0 amide bonds. The lowest BCUT2D eigenvalue weighted by Crippen LogP contribution is -2.42. The third-order valence-corrected chi connectivity index (χ3v) is 3.28. The van der Waals surface area contributed by atoms with Gasteiger partial charge in [-0.1, -0.05) is 6.92 Å². The second kappa shape index (κ2) is 4.81. The van der Waals surface area contributed by atoms with Crippen LogP contribution in [0.2, 0.25) is 0 Å². The summed E-state index contributed by atoms with van der Waals surface area (Å²) in [6.45, 7) is 3.21. The highest BCUT2D eigenvalue weighted by Crippen LogP contribution is 2.26. The molecule has 1 aliphatic rings. The lowest BCUT2D eigenvalue weighted by Gasteiger charge is -2.35. The van der Waals surface area contributed by atoms with Gasteiger partial charge in [-0.05, 0) is 24.5 Å². The molecule has 0 saturated carbocycles. The first-order valence-corrected chi connectivity index (χ1v) is 5.92. The van der Waals surface area contributed by atoms with E-state index in [0.29, 0.717) is 31.0 Å². The van der Waals surface area contributed by atoms with E-state index in [2.05, 4.69) is 4.98 Å². The van der Waals surface area contributed by atoms with Crippen molar-refractivity contribution in [1.29, 1.82) is 0 Å². The van der Waals surface area contributed by atoms with Crippen LogP contribution in [0.5, 0.6) is 0 Å². The molecule has 1 aliphatic heterocycles. The van der Waals surface area contributed by atoms with E-state index >= 15 is 0 Å². The second-order valence-corrected chi connectivity index (χ2v) is 4.69. The topological polar surface area (TPSA) is 99.7 Å². The first-order valence-electron chi connectivity index (χ1n) is 5.92. The van der Waals surface area contributed by atoms with Crippen molar-refractivity contribution in [3.63, 3.8) is 0 Å². The zero-order chi connectivity index (χ0) is 13.3. The second-order valence-electron chi connectivity index (χ2n) is 4.69. The number of rotatable bonds is 2. The van der Waals surface area contributed by atoms with E-state index in [0.717, 1.165) is 0 Å². The van der Waals surface area contributed by atoms with Gasteiger partial charge in [0.05, 0.1) is 11.8 Å². The molecule has 0 bridgehead atoms. The Hall–Kier alpha value is -1.82. The number of hydrogen-bond acceptors (Lipinski definition) is 5. The molecule has 0 aliphatic carbocycles. The molecule has 98 valence electrons. The maximum absolute atomic E-state index is 10.9. The Bertz CT molecular complexity index is 464. The van der Waals surface area contributed by atoms with Gasteiger partial charge in [0, 0.05) is 13.1 Å². The number of piperidine rings is 1. The molecular weight excluding hydrogens is 234 g/mol. The van der Waals surface area contributed by atoms with Crippen molar-refractivity contribution in [3.8, 4) is 0 Å². The molecule has 1 aromatic rings. The first kappa shape index (κ1) is 12.6. The smallest absolute Gasteiger partial charge is 0.354 e. The average molecular weight is 251 g/mol. The van der Waals surface area contributed by atoms with Crippen LogP contribution in [0, 0.1) is 5.92 Å². The van der Waals surface area contributed by atoms with Gasteiger partial charge in [-0.2, -0.15) is 0 Å². The summed E-state index contributed by atoms with van der Waals surface area (Å²) in [6, 6.07) is 2.95. The molecule has 0 spiro atoms. The molecule has 1 fully saturated rings. The van der Waals surface area contributed by atoms with Crippen molar-refractivity contribution in [2.75, 3.05) is 23.7 Å². The fourth-order valence-corrected chi connectivity index (χ4v) is 2.16. The molecular formula is C12H17N3O3. The van der Waals surface area contributed by atoms with Crippen LogP contribution in [0.4, 0.5) is 11.5 Å². The van der Waals surface area contributed by atoms with Crippen LogP contribution in [0.25, 0.3) is 0 Å². The quantitative estimate of drug-likeness (QED) is 0.710. The fraction of sp³-hybridized carbons (Fsp3) is 0.500. The fourth-order valence-electron chi connectivity index (χ4n) is 2.16. The van der Waals surface area contributed by atoms with E-state index in [1.54, 1.807) is 6.07 Å². The Morgan fingerprint density at radius 1 is 1.56 bits per heavy atom. The van der Waals surface area contributed by atoms with E-state index < -0.39 is 5.97 Å². The minimum atomic E-state index is -1.07. The Kier molecular flexibility index (Phi) is 3.38. The van der Waals surface area contributed by atoms with Gasteiger partial charge in [-0.25, -0.2) is 9.78 Å². The highest BCUT2D eigenvalue weighted by Gasteiger charge is 2.26. The normalized spacial score (nSPS) is 24.0. The Morgan fingerprint density at radius 3 is 2.89 bits per heavy atom. The summed E-state index contributed by atoms with van der Waals surface area (Å²) in [4.78, 5) is 16.9. The van der Waals surface area contributed by atoms with Gasteiger partial charge in [0.1, 0.15) is 0 Å². The number of nitrogen functional groups attached to an aromatic ring is 1. The molecule has 0 radical (unpaired) electrons. The lowest BCUT2D eigenvalue weighted by atomic mass is 9.97. The number of pyridine rings is 1. The van der Waals surface area contributed by atoms with Crippen LogP contribution < -0.4 is 10.6 Å². The van der Waals surface area contributed by atoms with Crippen LogP contribution in [-0.4, -0.2) is 40.4 Å². The van der Waals surface area contributed by atoms with Crippen LogP contribution in [0.15, 0.2) is 12.1 Å². The zero-order valence-electron chi connectivity index (χ0n) is 10.2. The number of aromatic carboxylic acids is 1. The number of carbonyl (C=O) groups is 1. The highest BCUT2D eigenvalue weighted by atomic mass is 16.4. The van der Waals surface area contributed by atoms with Gasteiger partial charge in [-0.15, -0.1) is 0 Å². The number of aromatic nitrogens is 1. The SMILES string of the molecule is CC1CN(c2nc(C(=O)O)ccc2N)CCC1O. The number of carboxylic acid groups (broad SMARTS) is 1. The standard InChI is InChI=1S/C12H17N3O3/c1-7-6-15(5-4-10(7)16)11-8(13)2-3-9(14-11)12(17)18/h2-3,7,10,16H,4-6,13H2,1H3,(H,17,18). The maximum Gasteiger partial charge on any atom is 0.354 e. The highest BCUT2D eigenvalue weighted by molar-refractivity contribution is 5.87. The summed E-state index contributed by atoms with van der Waals surface area (Å²) >= 11 is 0. The molecule has 2 heterocycles. The summed E-state index contributed by atoms with van der Waals surface area (Å²) in [5.74, 6) is -0.455. The molecule has 2 unspecified atom stereocenters. The number of carboxylic acids is 1. The molecule has 0 aromatic carbocycles. The van der Waals surface area contributed by atoms with Crippen molar-refractivity contribution >= 4 is 17.5 Å². The summed E-state index contributed by atoms with van der Waals surface area (Å²) in [6.07, 6.45) is 0.324. The first-order chi connectivity index (χ1) is 8.49. The third kappa shape index (κ3) is 2.38. The maximum atomic E-state index is 10.9. The van der Waals surface area contributed by atoms with Gasteiger partial charge in [0.2, 0.25) is 0 Å². The monoisotopic (exact) mass is 251 g/mol. The van der Waals surface area contributed by atoms with E-state index in [-0.39, 0.29) is 17.7 Å². The zero-order valence-corrected chi connectivity index (χ0v) is 10.2. The van der Waals surface area contributed by atoms with E-state index in [1.165, 1.54) is 6.07 Å². The van der Waals surface area contributed by atoms with Crippen molar-refractivity contribution in [3.05, 3.63) is 17.8 Å². The van der Waals surface area contributed by atoms with E-state index in [1.807, 2.05) is 11.8 Å². The largest absolute Gasteiger partial charge is 0.477 e. The number of nitrogens with two attached hydrogens (primary N) is 1. The number of aliphatic hydroxyl groups excluding tert-OH is 1. The minimum absolute atomic E-state index is 0.0158. The van der Waals surface area contributed by atoms with Crippen LogP contribution in [0.1, 0.15) is 23.8 Å². The van der Waals surface area contributed by atoms with Crippen molar-refractivity contribution in [2.45, 2.75) is 19.4 Å². The molecule has 18 heavy (non-hydrogen) atoms. The predicted molar refractivity (Wildman–Crippen MR) is 67.6 cm³/mol. The molecule has 2 atom stereocenters. The van der Waals surface area contributed by atoms with Crippen molar-refractivity contribution in [2.24, 2.45) is 5.92 Å². The van der Waals surface area contributed by atoms with E-state index in [9.17, 15) is 9.90 Å². The Morgan fingerprint density at radius 2 is 2.28 bits per heavy atom. The summed E-state index contributed by atoms with van der Waals surface area (Å²) in [5, 5.41) is 18.6. The number of anilines is 2. The van der Waals surface area contributed by atoms with Crippen LogP contribution in [0.3, 0.4) is 0 Å². The predicted octanol–water partition coefficient (Wildman–Crippen LogP) is 0.569. The van der Waals surface area contributed by atoms with E-state index in [4.69, 9.17) is 10.8 Å². The van der Waals surface area contributed by atoms with Gasteiger partial charge in [-0.3, -0.25) is 0 Å². The Labute approximate surface area is 105 Å². The number of hydrogen-bond donors (Lipinski definition) is 3. The summed E-state index contributed by atoms with van der Waals surface area (Å²) in [5.41, 5.74) is 6.29. The van der Waals surface area contributed by atoms with Crippen LogP contribution >= 0.6 is 0 Å². The number of aliphatic hydroxyl groups is 1. The van der Waals surface area contributed by atoms with Gasteiger partial charge >= 0.3 is 5.97 Å². The molecule has 6 nitrogen and oxygen atoms in total. The lowest BCUT2D eigenvalue weighted by molar-refractivity contribution is 0.0690. The van der Waals surface area contributed by atoms with Gasteiger partial charge in [0.15, 0.2) is 11.5 Å². The molecule has 4 N–H and O–H groups in total. The summed E-state index contributed by atoms with van der Waals surface area (Å²) in [7, 11) is 0. The molecule has 2 rings (SSSR count). The van der Waals surface area contributed by atoms with Crippen molar-refractivity contribution < 1.29 is 15.0 Å². The molecule has 1 aromatic heterocycles. The molecule has 1 saturated heterocycles. The average Bonchev–Trinajstić information content (AvgIpc) is 2.33. The number of nitrogens with zero attached hydrogens (tertiary/aromatic N) is 2. The Balaban J connectivity index is 2.27.